The Balaban J connectivity index is -0.000000177. The summed E-state index contributed by atoms with van der Waals surface area (Å²) in [5.41, 5.74) is 0. The first-order valence-corrected chi connectivity index (χ1v) is 4.86. The lowest BCUT2D eigenvalue weighted by Crippen LogP contribution is -1.97. The van der Waals surface area contributed by atoms with E-state index >= 15 is 0 Å². The second kappa shape index (κ2) is 14.6. The van der Waals surface area contributed by atoms with Crippen LogP contribution in [0.2, 0.25) is 0 Å². The van der Waals surface area contributed by atoms with E-state index < -0.39 is 0 Å². The lowest BCUT2D eigenvalue weighted by atomic mass is 10.2. The Labute approximate surface area is 101 Å². The Morgan fingerprint density at radius 1 is 0.647 bits per heavy atom. The van der Waals surface area contributed by atoms with E-state index in [2.05, 4.69) is 0 Å². The predicted octanol–water partition coefficient (Wildman–Crippen LogP) is -0.310. The van der Waals surface area contributed by atoms with Crippen LogP contribution in [0.15, 0.2) is 0 Å². The molecule has 0 radical (unpaired) electrons. The van der Waals surface area contributed by atoms with Gasteiger partial charge in [0.2, 0.25) is 0 Å². The predicted molar refractivity (Wildman–Crippen MR) is 61.5 cm³/mol. The molecule has 0 atom stereocenters. The van der Waals surface area contributed by atoms with Gasteiger partial charge in [-0.15, -0.1) is 0 Å². The summed E-state index contributed by atoms with van der Waals surface area (Å²) >= 11 is 0. The van der Waals surface area contributed by atoms with Crippen LogP contribution >= 0.6 is 0 Å². The fourth-order valence-corrected chi connectivity index (χ4v) is 0.351. The first kappa shape index (κ1) is 20.9. The second-order valence-corrected chi connectivity index (χ2v) is 3.30. The Morgan fingerprint density at radius 2 is 0.824 bits per heavy atom. The van der Waals surface area contributed by atoms with Crippen LogP contribution in [0.5, 0.6) is 0 Å². The van der Waals surface area contributed by atoms with Gasteiger partial charge in [0.1, 0.15) is 24.8 Å². The third-order valence-electron chi connectivity index (χ3n) is 0.943. The van der Waals surface area contributed by atoms with Crippen molar-refractivity contribution in [3.05, 3.63) is 0 Å². The van der Waals surface area contributed by atoms with Crippen LogP contribution in [0.4, 0.5) is 0 Å². The van der Waals surface area contributed by atoms with E-state index in [1.54, 1.807) is 0 Å². The van der Waals surface area contributed by atoms with Crippen molar-refractivity contribution in [2.75, 3.05) is 13.2 Å². The third kappa shape index (κ3) is 53.2. The maximum Gasteiger partial charge on any atom is 0.155 e. The smallest absolute Gasteiger partial charge is 0.155 e. The summed E-state index contributed by atoms with van der Waals surface area (Å²) < 4.78 is 0. The fourth-order valence-electron chi connectivity index (χ4n) is 0.351. The van der Waals surface area contributed by atoms with E-state index in [9.17, 15) is 19.2 Å². The first-order valence-electron chi connectivity index (χ1n) is 4.86. The van der Waals surface area contributed by atoms with Crippen molar-refractivity contribution in [1.29, 1.82) is 0 Å². The van der Waals surface area contributed by atoms with Gasteiger partial charge in [-0.1, -0.05) is 0 Å². The number of rotatable bonds is 4. The van der Waals surface area contributed by atoms with Crippen molar-refractivity contribution in [2.45, 2.75) is 34.1 Å². The standard InChI is InChI=1S/C5H8O2.2C3H6O2/c1-4(6)3-5(2)7;2*1-3(5)2-4/h3H2,1-2H3;2*4H,2H2,1H3. The molecule has 0 aliphatic heterocycles. The van der Waals surface area contributed by atoms with Gasteiger partial charge in [0.25, 0.3) is 0 Å². The SMILES string of the molecule is CC(=O)CC(C)=O.CC(=O)CO.CC(=O)CO. The number of carbonyl (C=O) groups excluding carboxylic acids is 4. The zero-order valence-corrected chi connectivity index (χ0v) is 10.6. The van der Waals surface area contributed by atoms with E-state index in [0.29, 0.717) is 0 Å². The lowest BCUT2D eigenvalue weighted by molar-refractivity contribution is -0.125. The number of ketones is 4. The van der Waals surface area contributed by atoms with E-state index in [4.69, 9.17) is 10.2 Å². The van der Waals surface area contributed by atoms with Gasteiger partial charge in [0, 0.05) is 0 Å². The van der Waals surface area contributed by atoms with E-state index in [1.807, 2.05) is 0 Å². The molecule has 0 unspecified atom stereocenters. The van der Waals surface area contributed by atoms with E-state index in [0.717, 1.165) is 0 Å². The fraction of sp³-hybridized carbons (Fsp3) is 0.636. The highest BCUT2D eigenvalue weighted by molar-refractivity contribution is 5.96. The molecule has 6 heteroatoms. The van der Waals surface area contributed by atoms with Crippen LogP contribution in [0.3, 0.4) is 0 Å². The van der Waals surface area contributed by atoms with Crippen molar-refractivity contribution in [2.24, 2.45) is 0 Å². The van der Waals surface area contributed by atoms with Gasteiger partial charge in [-0.2, -0.15) is 0 Å². The molecule has 0 heterocycles. The van der Waals surface area contributed by atoms with Crippen molar-refractivity contribution < 1.29 is 29.4 Å². The molecule has 0 aliphatic rings. The summed E-state index contributed by atoms with van der Waals surface area (Å²) in [6.07, 6.45) is 0.0833. The minimum absolute atomic E-state index is 0.0625. The Bertz CT molecular complexity index is 231. The zero-order chi connectivity index (χ0) is 14.4. The van der Waals surface area contributed by atoms with Crippen LogP contribution in [-0.2, 0) is 19.2 Å². The van der Waals surface area contributed by atoms with E-state index in [1.165, 1.54) is 27.7 Å². The van der Waals surface area contributed by atoms with Crippen molar-refractivity contribution in [3.63, 3.8) is 0 Å². The number of aliphatic hydroxyl groups is 2. The Kier molecular flexibility index (Phi) is 18.0. The highest BCUT2D eigenvalue weighted by Gasteiger charge is 1.94. The van der Waals surface area contributed by atoms with E-state index in [-0.39, 0.29) is 42.8 Å². The average molecular weight is 248 g/mol. The Hall–Kier alpha value is -1.40. The maximum absolute atomic E-state index is 10.0. The summed E-state index contributed by atoms with van der Waals surface area (Å²) in [5, 5.41) is 15.6. The second-order valence-electron chi connectivity index (χ2n) is 3.30. The minimum Gasteiger partial charge on any atom is -0.389 e. The van der Waals surface area contributed by atoms with Crippen LogP contribution in [0.25, 0.3) is 0 Å². The van der Waals surface area contributed by atoms with Crippen LogP contribution in [-0.4, -0.2) is 46.6 Å². The highest BCUT2D eigenvalue weighted by atomic mass is 16.3. The monoisotopic (exact) mass is 248 g/mol. The molecule has 0 rings (SSSR count). The molecule has 0 saturated carbocycles. The summed E-state index contributed by atoms with van der Waals surface area (Å²) in [5.74, 6) is -0.505. The molecule has 17 heavy (non-hydrogen) atoms. The zero-order valence-electron chi connectivity index (χ0n) is 10.6. The number of hydrogen-bond donors (Lipinski definition) is 2. The van der Waals surface area contributed by atoms with Crippen LogP contribution in [0, 0.1) is 0 Å². The number of aliphatic hydroxyl groups excluding tert-OH is 2. The Morgan fingerprint density at radius 3 is 0.824 bits per heavy atom. The minimum atomic E-state index is -0.333. The number of carbonyl (C=O) groups is 4. The quantitative estimate of drug-likeness (QED) is 0.660. The summed E-state index contributed by atoms with van der Waals surface area (Å²) in [4.78, 5) is 39.2. The molecular formula is C11H20O6. The van der Waals surface area contributed by atoms with Crippen LogP contribution in [0.1, 0.15) is 34.1 Å². The van der Waals surface area contributed by atoms with Crippen molar-refractivity contribution in [3.8, 4) is 0 Å². The molecule has 0 saturated heterocycles. The molecule has 0 aromatic rings. The van der Waals surface area contributed by atoms with Gasteiger partial charge >= 0.3 is 0 Å². The highest BCUT2D eigenvalue weighted by Crippen LogP contribution is 1.80. The molecule has 0 bridgehead atoms. The molecule has 0 aromatic heterocycles. The van der Waals surface area contributed by atoms with Gasteiger partial charge in [0.05, 0.1) is 6.42 Å². The van der Waals surface area contributed by atoms with Gasteiger partial charge in [0.15, 0.2) is 11.6 Å². The maximum atomic E-state index is 10.0. The molecule has 0 spiro atoms. The molecule has 0 aromatic carbocycles. The topological polar surface area (TPSA) is 109 Å². The number of hydrogen-bond acceptors (Lipinski definition) is 6. The molecule has 0 aliphatic carbocycles. The molecule has 0 amide bonds. The normalized spacial score (nSPS) is 7.88. The molecule has 6 nitrogen and oxygen atoms in total. The first-order chi connectivity index (χ1) is 7.67. The van der Waals surface area contributed by atoms with Gasteiger partial charge in [-0.05, 0) is 27.7 Å². The van der Waals surface area contributed by atoms with Gasteiger partial charge in [-0.3, -0.25) is 19.2 Å². The lowest BCUT2D eigenvalue weighted by Gasteiger charge is -1.81. The van der Waals surface area contributed by atoms with Crippen molar-refractivity contribution >= 4 is 23.1 Å². The summed E-state index contributed by atoms with van der Waals surface area (Å²) in [7, 11) is 0. The average Bonchev–Trinajstić information content (AvgIpc) is 2.17. The van der Waals surface area contributed by atoms with Gasteiger partial charge < -0.3 is 10.2 Å². The van der Waals surface area contributed by atoms with Crippen molar-refractivity contribution in [1.82, 2.24) is 0 Å². The largest absolute Gasteiger partial charge is 0.389 e. The summed E-state index contributed by atoms with van der Waals surface area (Å²) in [6.45, 7) is 4.81. The van der Waals surface area contributed by atoms with Gasteiger partial charge in [-0.25, -0.2) is 0 Å². The molecule has 0 fully saturated rings. The molecular weight excluding hydrogens is 228 g/mol. The summed E-state index contributed by atoms with van der Waals surface area (Å²) in [6, 6.07) is 0. The van der Waals surface area contributed by atoms with Crippen LogP contribution < -0.4 is 0 Å². The third-order valence-corrected chi connectivity index (χ3v) is 0.943. The molecule has 100 valence electrons. The number of Topliss-reactive ketones (excluding diaryl/α,β-unsaturated/α-hetero) is 4. The molecule has 2 N–H and O–H groups in total.